The molecule has 15 heavy (non-hydrogen) atoms. The molecule has 1 aromatic rings. The molecule has 0 fully saturated rings. The summed E-state index contributed by atoms with van der Waals surface area (Å²) in [5, 5.41) is 3.30. The predicted octanol–water partition coefficient (Wildman–Crippen LogP) is 2.46. The van der Waals surface area contributed by atoms with Crippen molar-refractivity contribution < 1.29 is 4.74 Å². The van der Waals surface area contributed by atoms with Crippen molar-refractivity contribution in [2.75, 3.05) is 13.7 Å². The summed E-state index contributed by atoms with van der Waals surface area (Å²) in [7, 11) is 1.98. The maximum Gasteiger partial charge on any atom is 0.122 e. The summed E-state index contributed by atoms with van der Waals surface area (Å²) in [6.45, 7) is 4.61. The number of fused-ring (bicyclic) bond motifs is 1. The molecule has 2 nitrogen and oxygen atoms in total. The summed E-state index contributed by atoms with van der Waals surface area (Å²) in [5.41, 5.74) is 2.65. The van der Waals surface area contributed by atoms with Crippen LogP contribution in [0.5, 0.6) is 5.75 Å². The summed E-state index contributed by atoms with van der Waals surface area (Å²) in [4.78, 5) is 0. The zero-order valence-electron chi connectivity index (χ0n) is 9.12. The zero-order valence-corrected chi connectivity index (χ0v) is 9.12. The Morgan fingerprint density at radius 1 is 1.60 bits per heavy atom. The maximum absolute atomic E-state index is 5.49. The Kier molecular flexibility index (Phi) is 3.07. The van der Waals surface area contributed by atoms with E-state index in [1.807, 2.05) is 13.1 Å². The third-order valence-corrected chi connectivity index (χ3v) is 2.87. The number of hydrogen-bond acceptors (Lipinski definition) is 2. The standard InChI is InChI=1S/C13H17NO/c1-3-4-12(14-2)10-5-6-13-11(9-10)7-8-15-13/h3,5-6,9,12,14H,1,4,7-8H2,2H3. The Bertz CT molecular complexity index is 360. The summed E-state index contributed by atoms with van der Waals surface area (Å²) in [6.07, 6.45) is 3.94. The van der Waals surface area contributed by atoms with Crippen molar-refractivity contribution in [2.45, 2.75) is 18.9 Å². The first kappa shape index (κ1) is 10.2. The van der Waals surface area contributed by atoms with Crippen molar-refractivity contribution in [3.05, 3.63) is 42.0 Å². The molecule has 1 unspecified atom stereocenters. The molecule has 0 aliphatic carbocycles. The van der Waals surface area contributed by atoms with Crippen molar-refractivity contribution in [1.29, 1.82) is 0 Å². The number of rotatable bonds is 4. The van der Waals surface area contributed by atoms with Crippen molar-refractivity contribution >= 4 is 0 Å². The van der Waals surface area contributed by atoms with Crippen LogP contribution in [-0.4, -0.2) is 13.7 Å². The highest BCUT2D eigenvalue weighted by atomic mass is 16.5. The largest absolute Gasteiger partial charge is 0.493 e. The van der Waals surface area contributed by atoms with Gasteiger partial charge < -0.3 is 10.1 Å². The summed E-state index contributed by atoms with van der Waals surface area (Å²) < 4.78 is 5.49. The molecule has 1 aliphatic rings. The van der Waals surface area contributed by atoms with Crippen molar-refractivity contribution in [3.63, 3.8) is 0 Å². The van der Waals surface area contributed by atoms with Crippen LogP contribution >= 0.6 is 0 Å². The van der Waals surface area contributed by atoms with Crippen LogP contribution in [0.2, 0.25) is 0 Å². The molecule has 0 amide bonds. The van der Waals surface area contributed by atoms with Crippen molar-refractivity contribution in [1.82, 2.24) is 5.32 Å². The molecule has 1 heterocycles. The van der Waals surface area contributed by atoms with E-state index in [2.05, 4.69) is 30.1 Å². The SMILES string of the molecule is C=CCC(NC)c1ccc2c(c1)CCO2. The Morgan fingerprint density at radius 3 is 3.20 bits per heavy atom. The maximum atomic E-state index is 5.49. The van der Waals surface area contributed by atoms with E-state index in [4.69, 9.17) is 4.74 Å². The van der Waals surface area contributed by atoms with Gasteiger partial charge in [-0.2, -0.15) is 0 Å². The second-order valence-electron chi connectivity index (χ2n) is 3.83. The molecule has 0 aromatic heterocycles. The molecule has 0 saturated carbocycles. The predicted molar refractivity (Wildman–Crippen MR) is 62.3 cm³/mol. The molecular weight excluding hydrogens is 186 g/mol. The minimum atomic E-state index is 0.369. The molecule has 0 spiro atoms. The van der Waals surface area contributed by atoms with Crippen molar-refractivity contribution in [3.8, 4) is 5.75 Å². The lowest BCUT2D eigenvalue weighted by atomic mass is 10.0. The normalized spacial score (nSPS) is 15.5. The third-order valence-electron chi connectivity index (χ3n) is 2.87. The lowest BCUT2D eigenvalue weighted by Gasteiger charge is -2.15. The first-order chi connectivity index (χ1) is 7.35. The van der Waals surface area contributed by atoms with Gasteiger partial charge in [0.05, 0.1) is 6.61 Å². The molecule has 2 heteroatoms. The molecule has 1 aliphatic heterocycles. The van der Waals surface area contributed by atoms with Crippen LogP contribution in [0, 0.1) is 0 Å². The van der Waals surface area contributed by atoms with E-state index >= 15 is 0 Å². The van der Waals surface area contributed by atoms with Gasteiger partial charge in [-0.15, -0.1) is 6.58 Å². The van der Waals surface area contributed by atoms with Gasteiger partial charge in [0, 0.05) is 12.5 Å². The van der Waals surface area contributed by atoms with Gasteiger partial charge in [0.2, 0.25) is 0 Å². The highest BCUT2D eigenvalue weighted by Crippen LogP contribution is 2.28. The Balaban J connectivity index is 2.24. The zero-order chi connectivity index (χ0) is 10.7. The fourth-order valence-corrected chi connectivity index (χ4v) is 2.01. The summed E-state index contributed by atoms with van der Waals surface area (Å²) >= 11 is 0. The van der Waals surface area contributed by atoms with Crippen LogP contribution in [0.15, 0.2) is 30.9 Å². The summed E-state index contributed by atoms with van der Waals surface area (Å²) in [6, 6.07) is 6.82. The molecule has 2 rings (SSSR count). The molecule has 0 bridgehead atoms. The average Bonchev–Trinajstić information content (AvgIpc) is 2.72. The Labute approximate surface area is 91.0 Å². The molecule has 1 N–H and O–H groups in total. The minimum absolute atomic E-state index is 0.369. The fraction of sp³-hybridized carbons (Fsp3) is 0.385. The van der Waals surface area contributed by atoms with Gasteiger partial charge in [-0.05, 0) is 30.7 Å². The number of ether oxygens (including phenoxy) is 1. The van der Waals surface area contributed by atoms with E-state index in [9.17, 15) is 0 Å². The highest BCUT2D eigenvalue weighted by molar-refractivity contribution is 5.40. The molecule has 0 radical (unpaired) electrons. The monoisotopic (exact) mass is 203 g/mol. The van der Waals surface area contributed by atoms with Gasteiger partial charge in [-0.25, -0.2) is 0 Å². The molecule has 80 valence electrons. The molecule has 1 atom stereocenters. The topological polar surface area (TPSA) is 21.3 Å². The van der Waals surface area contributed by atoms with E-state index < -0.39 is 0 Å². The van der Waals surface area contributed by atoms with Crippen LogP contribution in [0.4, 0.5) is 0 Å². The second-order valence-corrected chi connectivity index (χ2v) is 3.83. The van der Waals surface area contributed by atoms with Gasteiger partial charge in [0.15, 0.2) is 0 Å². The third kappa shape index (κ3) is 2.05. The Morgan fingerprint density at radius 2 is 2.47 bits per heavy atom. The van der Waals surface area contributed by atoms with Crippen LogP contribution in [-0.2, 0) is 6.42 Å². The highest BCUT2D eigenvalue weighted by Gasteiger charge is 2.14. The average molecular weight is 203 g/mol. The summed E-state index contributed by atoms with van der Waals surface area (Å²) in [5.74, 6) is 1.05. The minimum Gasteiger partial charge on any atom is -0.493 e. The van der Waals surface area contributed by atoms with Crippen LogP contribution < -0.4 is 10.1 Å². The lowest BCUT2D eigenvalue weighted by Crippen LogP contribution is -2.15. The van der Waals surface area contributed by atoms with Gasteiger partial charge >= 0.3 is 0 Å². The van der Waals surface area contributed by atoms with E-state index in [1.165, 1.54) is 11.1 Å². The van der Waals surface area contributed by atoms with Gasteiger partial charge in [0.25, 0.3) is 0 Å². The van der Waals surface area contributed by atoms with E-state index in [1.54, 1.807) is 0 Å². The quantitative estimate of drug-likeness (QED) is 0.759. The van der Waals surface area contributed by atoms with Crippen LogP contribution in [0.25, 0.3) is 0 Å². The second kappa shape index (κ2) is 4.49. The molecule has 0 saturated heterocycles. The Hall–Kier alpha value is -1.28. The van der Waals surface area contributed by atoms with Gasteiger partial charge in [-0.1, -0.05) is 18.2 Å². The lowest BCUT2D eigenvalue weighted by molar-refractivity contribution is 0.356. The van der Waals surface area contributed by atoms with Crippen LogP contribution in [0.1, 0.15) is 23.6 Å². The number of hydrogen-bond donors (Lipinski definition) is 1. The first-order valence-corrected chi connectivity index (χ1v) is 5.39. The van der Waals surface area contributed by atoms with E-state index in [0.717, 1.165) is 25.2 Å². The molecular formula is C13H17NO. The van der Waals surface area contributed by atoms with Crippen LogP contribution in [0.3, 0.4) is 0 Å². The number of nitrogens with one attached hydrogen (secondary N) is 1. The number of benzene rings is 1. The fourth-order valence-electron chi connectivity index (χ4n) is 2.01. The van der Waals surface area contributed by atoms with E-state index in [-0.39, 0.29) is 0 Å². The smallest absolute Gasteiger partial charge is 0.122 e. The van der Waals surface area contributed by atoms with E-state index in [0.29, 0.717) is 6.04 Å². The first-order valence-electron chi connectivity index (χ1n) is 5.39. The van der Waals surface area contributed by atoms with Gasteiger partial charge in [0.1, 0.15) is 5.75 Å². The van der Waals surface area contributed by atoms with Crippen molar-refractivity contribution in [2.24, 2.45) is 0 Å². The van der Waals surface area contributed by atoms with Gasteiger partial charge in [-0.3, -0.25) is 0 Å². The molecule has 1 aromatic carbocycles.